The molecule has 0 unspecified atom stereocenters. The topological polar surface area (TPSA) is 99.7 Å². The number of nitriles is 1. The summed E-state index contributed by atoms with van der Waals surface area (Å²) < 4.78 is 1.76. The van der Waals surface area contributed by atoms with Crippen molar-refractivity contribution < 1.29 is 4.79 Å². The van der Waals surface area contributed by atoms with E-state index in [1.807, 2.05) is 19.2 Å². The average Bonchev–Trinajstić information content (AvgIpc) is 3.03. The number of anilines is 1. The van der Waals surface area contributed by atoms with Crippen molar-refractivity contribution in [3.8, 4) is 6.07 Å². The second kappa shape index (κ2) is 5.68. The van der Waals surface area contributed by atoms with Gasteiger partial charge in [0, 0.05) is 32.4 Å². The highest BCUT2D eigenvalue weighted by atomic mass is 16.2. The summed E-state index contributed by atoms with van der Waals surface area (Å²) in [6.07, 6.45) is 2.05. The van der Waals surface area contributed by atoms with Crippen molar-refractivity contribution in [3.05, 3.63) is 35.4 Å². The number of aromatic nitrogens is 4. The van der Waals surface area contributed by atoms with Crippen LogP contribution in [0, 0.1) is 18.3 Å². The van der Waals surface area contributed by atoms with E-state index in [0.717, 1.165) is 5.69 Å². The van der Waals surface area contributed by atoms with Gasteiger partial charge in [-0.1, -0.05) is 0 Å². The number of hydrogen-bond donors (Lipinski definition) is 1. The summed E-state index contributed by atoms with van der Waals surface area (Å²) in [5, 5.41) is 16.4. The summed E-state index contributed by atoms with van der Waals surface area (Å²) in [6.45, 7) is 1.80. The molecule has 0 spiro atoms. The SMILES string of the molecule is Cc1cc(C#N)nc(N[C@@H]2CC(=O)N(C)[C@H]2c2ccnn2C)n1. The number of aryl methyl sites for hydroxylation is 2. The number of likely N-dealkylation sites (tertiary alicyclic amines) is 1. The minimum absolute atomic E-state index is 0.0434. The van der Waals surface area contributed by atoms with Gasteiger partial charge in [0.2, 0.25) is 11.9 Å². The van der Waals surface area contributed by atoms with Crippen LogP contribution < -0.4 is 5.32 Å². The molecule has 8 nitrogen and oxygen atoms in total. The molecule has 3 rings (SSSR count). The normalized spacial score (nSPS) is 20.6. The molecule has 1 aliphatic rings. The summed E-state index contributed by atoms with van der Waals surface area (Å²) in [6, 6.07) is 5.19. The Labute approximate surface area is 133 Å². The molecule has 1 aliphatic heterocycles. The van der Waals surface area contributed by atoms with Crippen molar-refractivity contribution >= 4 is 11.9 Å². The van der Waals surface area contributed by atoms with Gasteiger partial charge < -0.3 is 10.2 Å². The Morgan fingerprint density at radius 3 is 2.83 bits per heavy atom. The van der Waals surface area contributed by atoms with Gasteiger partial charge in [-0.2, -0.15) is 10.4 Å². The van der Waals surface area contributed by atoms with Crippen molar-refractivity contribution in [1.29, 1.82) is 5.26 Å². The predicted octanol–water partition coefficient (Wildman–Crippen LogP) is 0.774. The zero-order valence-corrected chi connectivity index (χ0v) is 13.2. The van der Waals surface area contributed by atoms with Gasteiger partial charge in [0.1, 0.15) is 11.8 Å². The molecular formula is C15H17N7O. The van der Waals surface area contributed by atoms with Crippen LogP contribution in [-0.2, 0) is 11.8 Å². The van der Waals surface area contributed by atoms with Gasteiger partial charge in [0.15, 0.2) is 0 Å². The Bertz CT molecular complexity index is 791. The second-order valence-electron chi connectivity index (χ2n) is 5.61. The molecule has 2 aromatic heterocycles. The molecule has 1 saturated heterocycles. The van der Waals surface area contributed by atoms with Crippen LogP contribution in [0.15, 0.2) is 18.3 Å². The highest BCUT2D eigenvalue weighted by Gasteiger charge is 2.40. The van der Waals surface area contributed by atoms with Gasteiger partial charge in [-0.3, -0.25) is 9.48 Å². The van der Waals surface area contributed by atoms with Gasteiger partial charge in [-0.25, -0.2) is 9.97 Å². The lowest BCUT2D eigenvalue weighted by atomic mass is 10.1. The predicted molar refractivity (Wildman–Crippen MR) is 82.2 cm³/mol. The van der Waals surface area contributed by atoms with Crippen molar-refractivity contribution in [1.82, 2.24) is 24.6 Å². The fraction of sp³-hybridized carbons (Fsp3) is 0.400. The highest BCUT2D eigenvalue weighted by Crippen LogP contribution is 2.33. The maximum absolute atomic E-state index is 12.1. The number of carbonyl (C=O) groups is 1. The first-order valence-corrected chi connectivity index (χ1v) is 7.25. The number of amides is 1. The number of rotatable bonds is 3. The Morgan fingerprint density at radius 1 is 1.39 bits per heavy atom. The Morgan fingerprint density at radius 2 is 2.17 bits per heavy atom. The smallest absolute Gasteiger partial charge is 0.225 e. The van der Waals surface area contributed by atoms with E-state index >= 15 is 0 Å². The van der Waals surface area contributed by atoms with E-state index in [2.05, 4.69) is 20.4 Å². The number of carbonyl (C=O) groups excluding carboxylic acids is 1. The number of hydrogen-bond acceptors (Lipinski definition) is 6. The third-order valence-corrected chi connectivity index (χ3v) is 4.03. The molecule has 1 N–H and O–H groups in total. The summed E-state index contributed by atoms with van der Waals surface area (Å²) in [5.41, 5.74) is 1.94. The first-order valence-electron chi connectivity index (χ1n) is 7.25. The molecule has 0 bridgehead atoms. The molecule has 2 atom stereocenters. The molecule has 8 heteroatoms. The van der Waals surface area contributed by atoms with E-state index < -0.39 is 0 Å². The van der Waals surface area contributed by atoms with Gasteiger partial charge in [0.05, 0.1) is 17.8 Å². The van der Waals surface area contributed by atoms with Crippen molar-refractivity contribution in [3.63, 3.8) is 0 Å². The van der Waals surface area contributed by atoms with E-state index in [1.165, 1.54) is 0 Å². The number of nitrogens with one attached hydrogen (secondary N) is 1. The lowest BCUT2D eigenvalue weighted by Crippen LogP contribution is -2.32. The second-order valence-corrected chi connectivity index (χ2v) is 5.61. The largest absolute Gasteiger partial charge is 0.348 e. The zero-order valence-electron chi connectivity index (χ0n) is 13.2. The molecule has 118 valence electrons. The average molecular weight is 311 g/mol. The van der Waals surface area contributed by atoms with Crippen molar-refractivity contribution in [2.45, 2.75) is 25.4 Å². The monoisotopic (exact) mass is 311 g/mol. The van der Waals surface area contributed by atoms with Crippen LogP contribution in [0.2, 0.25) is 0 Å². The van der Waals surface area contributed by atoms with Crippen LogP contribution in [0.25, 0.3) is 0 Å². The summed E-state index contributed by atoms with van der Waals surface area (Å²) in [4.78, 5) is 22.3. The van der Waals surface area contributed by atoms with Crippen LogP contribution in [0.3, 0.4) is 0 Å². The lowest BCUT2D eigenvalue weighted by Gasteiger charge is -2.25. The zero-order chi connectivity index (χ0) is 16.6. The summed E-state index contributed by atoms with van der Waals surface area (Å²) in [7, 11) is 3.62. The van der Waals surface area contributed by atoms with Gasteiger partial charge in [-0.15, -0.1) is 0 Å². The van der Waals surface area contributed by atoms with Crippen LogP contribution in [0.1, 0.15) is 29.5 Å². The summed E-state index contributed by atoms with van der Waals surface area (Å²) >= 11 is 0. The van der Waals surface area contributed by atoms with Gasteiger partial charge in [-0.05, 0) is 19.1 Å². The fourth-order valence-electron chi connectivity index (χ4n) is 2.93. The summed E-state index contributed by atoms with van der Waals surface area (Å²) in [5.74, 6) is 0.406. The molecule has 23 heavy (non-hydrogen) atoms. The first kappa shape index (κ1) is 15.0. The lowest BCUT2D eigenvalue weighted by molar-refractivity contribution is -0.127. The van der Waals surface area contributed by atoms with E-state index in [9.17, 15) is 4.79 Å². The fourth-order valence-corrected chi connectivity index (χ4v) is 2.93. The van der Waals surface area contributed by atoms with E-state index in [4.69, 9.17) is 5.26 Å². The molecule has 0 radical (unpaired) electrons. The quantitative estimate of drug-likeness (QED) is 0.899. The van der Waals surface area contributed by atoms with E-state index in [1.54, 1.807) is 35.8 Å². The third kappa shape index (κ3) is 2.73. The molecule has 0 saturated carbocycles. The minimum atomic E-state index is -0.184. The van der Waals surface area contributed by atoms with Crippen LogP contribution in [0.4, 0.5) is 5.95 Å². The molecule has 1 fully saturated rings. The Hall–Kier alpha value is -2.95. The van der Waals surface area contributed by atoms with Gasteiger partial charge >= 0.3 is 0 Å². The molecular weight excluding hydrogens is 294 g/mol. The minimum Gasteiger partial charge on any atom is -0.348 e. The van der Waals surface area contributed by atoms with Gasteiger partial charge in [0.25, 0.3) is 0 Å². The molecule has 0 aliphatic carbocycles. The van der Waals surface area contributed by atoms with Crippen LogP contribution in [0.5, 0.6) is 0 Å². The molecule has 0 aromatic carbocycles. The van der Waals surface area contributed by atoms with E-state index in [-0.39, 0.29) is 18.0 Å². The standard InChI is InChI=1S/C15H17N7O/c1-9-6-10(8-16)19-15(18-9)20-11-7-13(23)21(2)14(11)12-4-5-17-22(12)3/h4-6,11,14H,7H2,1-3H3,(H,18,19,20)/t11-,14-/m1/s1. The maximum Gasteiger partial charge on any atom is 0.225 e. The third-order valence-electron chi connectivity index (χ3n) is 4.03. The van der Waals surface area contributed by atoms with Crippen LogP contribution in [-0.4, -0.2) is 43.6 Å². The Kier molecular flexibility index (Phi) is 3.70. The first-order chi connectivity index (χ1) is 11.0. The Balaban J connectivity index is 1.92. The van der Waals surface area contributed by atoms with E-state index in [0.29, 0.717) is 23.8 Å². The van der Waals surface area contributed by atoms with Crippen molar-refractivity contribution in [2.24, 2.45) is 7.05 Å². The van der Waals surface area contributed by atoms with Crippen molar-refractivity contribution in [2.75, 3.05) is 12.4 Å². The molecule has 1 amide bonds. The maximum atomic E-state index is 12.1. The highest BCUT2D eigenvalue weighted by molar-refractivity contribution is 5.80. The van der Waals surface area contributed by atoms with Crippen LogP contribution >= 0.6 is 0 Å². The number of likely N-dealkylation sites (N-methyl/N-ethyl adjacent to an activating group) is 1. The molecule has 3 heterocycles. The number of nitrogens with zero attached hydrogens (tertiary/aromatic N) is 6. The molecule has 2 aromatic rings.